The highest BCUT2D eigenvalue weighted by molar-refractivity contribution is 5.61. The summed E-state index contributed by atoms with van der Waals surface area (Å²) in [5.74, 6) is 3.41. The van der Waals surface area contributed by atoms with Gasteiger partial charge in [-0.1, -0.05) is 0 Å². The van der Waals surface area contributed by atoms with Crippen molar-refractivity contribution in [2.24, 2.45) is 5.92 Å². The Kier molecular flexibility index (Phi) is 3.79. The Hall–Kier alpha value is -2.08. The molecule has 1 aliphatic rings. The van der Waals surface area contributed by atoms with Gasteiger partial charge in [0.1, 0.15) is 5.82 Å². The lowest BCUT2D eigenvalue weighted by atomic mass is 10.00. The van der Waals surface area contributed by atoms with Gasteiger partial charge < -0.3 is 19.1 Å². The molecule has 0 aliphatic carbocycles. The van der Waals surface area contributed by atoms with Crippen LogP contribution in [0, 0.1) is 5.92 Å². The molecule has 6 nitrogen and oxygen atoms in total. The fourth-order valence-electron chi connectivity index (χ4n) is 2.73. The summed E-state index contributed by atoms with van der Waals surface area (Å²) < 4.78 is 12.7. The smallest absolute Gasteiger partial charge is 0.164 e. The van der Waals surface area contributed by atoms with Crippen molar-refractivity contribution in [3.63, 3.8) is 0 Å². The molecule has 1 atom stereocenters. The molecule has 1 aliphatic heterocycles. The molecule has 0 amide bonds. The summed E-state index contributed by atoms with van der Waals surface area (Å²) in [6, 6.07) is 5.71. The lowest BCUT2D eigenvalue weighted by Gasteiger charge is -2.22. The van der Waals surface area contributed by atoms with Crippen LogP contribution < -0.4 is 9.47 Å². The summed E-state index contributed by atoms with van der Waals surface area (Å²) in [5.41, 5.74) is 0.935. The second kappa shape index (κ2) is 5.73. The molecule has 2 aromatic rings. The summed E-state index contributed by atoms with van der Waals surface area (Å²) >= 11 is 0. The predicted molar refractivity (Wildman–Crippen MR) is 77.5 cm³/mol. The number of ether oxygens (including phenoxy) is 2. The highest BCUT2D eigenvalue weighted by Gasteiger charge is 2.23. The minimum Gasteiger partial charge on any atom is -0.493 e. The Morgan fingerprint density at radius 3 is 2.76 bits per heavy atom. The predicted octanol–water partition coefficient (Wildman–Crippen LogP) is 1.52. The van der Waals surface area contributed by atoms with Crippen molar-refractivity contribution < 1.29 is 14.6 Å². The van der Waals surface area contributed by atoms with Gasteiger partial charge in [-0.05, 0) is 24.6 Å². The van der Waals surface area contributed by atoms with Crippen LogP contribution in [0.5, 0.6) is 11.5 Å². The fourth-order valence-corrected chi connectivity index (χ4v) is 2.73. The molecule has 6 heteroatoms. The second-order valence-corrected chi connectivity index (χ2v) is 5.21. The molecule has 2 heterocycles. The van der Waals surface area contributed by atoms with Gasteiger partial charge in [-0.25, -0.2) is 0 Å². The van der Waals surface area contributed by atoms with Gasteiger partial charge >= 0.3 is 0 Å². The summed E-state index contributed by atoms with van der Waals surface area (Å²) in [6.45, 7) is 0.950. The number of aromatic nitrogens is 3. The Morgan fingerprint density at radius 1 is 1.24 bits per heavy atom. The molecule has 1 aromatic carbocycles. The van der Waals surface area contributed by atoms with Crippen molar-refractivity contribution in [2.45, 2.75) is 19.4 Å². The third-order valence-corrected chi connectivity index (χ3v) is 3.94. The quantitative estimate of drug-likeness (QED) is 0.924. The number of aliphatic hydroxyl groups excluding tert-OH is 1. The molecule has 1 aromatic heterocycles. The second-order valence-electron chi connectivity index (χ2n) is 5.21. The van der Waals surface area contributed by atoms with Crippen LogP contribution in [0.2, 0.25) is 0 Å². The standard InChI is InChI=1S/C15H19N3O3/c1-20-12-5-4-11(7-13(12)21-2)15-17-16-14-6-3-10(9-19)8-18(14)15/h4-5,7,10,19H,3,6,8-9H2,1-2H3. The third kappa shape index (κ3) is 2.47. The highest BCUT2D eigenvalue weighted by Crippen LogP contribution is 2.33. The van der Waals surface area contributed by atoms with Crippen molar-refractivity contribution in [1.82, 2.24) is 14.8 Å². The van der Waals surface area contributed by atoms with E-state index in [2.05, 4.69) is 14.8 Å². The molecule has 112 valence electrons. The summed E-state index contributed by atoms with van der Waals surface area (Å²) in [4.78, 5) is 0. The molecule has 3 rings (SSSR count). The molecular formula is C15H19N3O3. The van der Waals surface area contributed by atoms with E-state index in [-0.39, 0.29) is 12.5 Å². The number of benzene rings is 1. The van der Waals surface area contributed by atoms with Crippen LogP contribution in [0.3, 0.4) is 0 Å². The van der Waals surface area contributed by atoms with Crippen LogP contribution in [-0.2, 0) is 13.0 Å². The van der Waals surface area contributed by atoms with Crippen LogP contribution >= 0.6 is 0 Å². The number of fused-ring (bicyclic) bond motifs is 1. The van der Waals surface area contributed by atoms with Crippen LogP contribution in [0.15, 0.2) is 18.2 Å². The summed E-state index contributed by atoms with van der Waals surface area (Å²) in [5, 5.41) is 17.9. The first kappa shape index (κ1) is 13.9. The van der Waals surface area contributed by atoms with E-state index in [1.54, 1.807) is 14.2 Å². The van der Waals surface area contributed by atoms with Gasteiger partial charge in [0.2, 0.25) is 0 Å². The molecule has 0 fully saturated rings. The zero-order chi connectivity index (χ0) is 14.8. The Balaban J connectivity index is 2.00. The van der Waals surface area contributed by atoms with Crippen molar-refractivity contribution >= 4 is 0 Å². The lowest BCUT2D eigenvalue weighted by molar-refractivity contribution is 0.191. The first-order valence-electron chi connectivity index (χ1n) is 7.02. The van der Waals surface area contributed by atoms with Crippen molar-refractivity contribution in [3.8, 4) is 22.9 Å². The molecule has 0 radical (unpaired) electrons. The van der Waals surface area contributed by atoms with Gasteiger partial charge in [0.05, 0.1) is 14.2 Å². The Bertz CT molecular complexity index is 639. The van der Waals surface area contributed by atoms with Crippen LogP contribution in [0.25, 0.3) is 11.4 Å². The molecule has 0 saturated heterocycles. The number of rotatable bonds is 4. The van der Waals surface area contributed by atoms with Crippen LogP contribution in [0.1, 0.15) is 12.2 Å². The first-order chi connectivity index (χ1) is 10.3. The third-order valence-electron chi connectivity index (χ3n) is 3.94. The Labute approximate surface area is 123 Å². The zero-order valence-electron chi connectivity index (χ0n) is 12.2. The van der Waals surface area contributed by atoms with Gasteiger partial charge in [-0.15, -0.1) is 10.2 Å². The summed E-state index contributed by atoms with van der Waals surface area (Å²) in [6.07, 6.45) is 1.81. The number of hydrogen-bond acceptors (Lipinski definition) is 5. The first-order valence-corrected chi connectivity index (χ1v) is 7.02. The zero-order valence-corrected chi connectivity index (χ0v) is 12.2. The normalized spacial score (nSPS) is 17.4. The van der Waals surface area contributed by atoms with E-state index in [1.807, 2.05) is 18.2 Å². The number of methoxy groups -OCH3 is 2. The average molecular weight is 289 g/mol. The maximum Gasteiger partial charge on any atom is 0.164 e. The van der Waals surface area contributed by atoms with Gasteiger partial charge in [0.15, 0.2) is 17.3 Å². The minimum atomic E-state index is 0.197. The van der Waals surface area contributed by atoms with Gasteiger partial charge in [0, 0.05) is 31.1 Å². The minimum absolute atomic E-state index is 0.197. The van der Waals surface area contributed by atoms with E-state index in [9.17, 15) is 5.11 Å². The van der Waals surface area contributed by atoms with Gasteiger partial charge in [-0.2, -0.15) is 0 Å². The molecule has 0 spiro atoms. The molecule has 21 heavy (non-hydrogen) atoms. The number of hydrogen-bond donors (Lipinski definition) is 1. The fraction of sp³-hybridized carbons (Fsp3) is 0.467. The number of nitrogens with zero attached hydrogens (tertiary/aromatic N) is 3. The molecule has 0 bridgehead atoms. The summed E-state index contributed by atoms with van der Waals surface area (Å²) in [7, 11) is 3.23. The highest BCUT2D eigenvalue weighted by atomic mass is 16.5. The van der Waals surface area contributed by atoms with Crippen molar-refractivity contribution in [1.29, 1.82) is 0 Å². The van der Waals surface area contributed by atoms with Crippen molar-refractivity contribution in [2.75, 3.05) is 20.8 Å². The van der Waals surface area contributed by atoms with E-state index in [4.69, 9.17) is 9.47 Å². The van der Waals surface area contributed by atoms with Crippen LogP contribution in [-0.4, -0.2) is 40.7 Å². The van der Waals surface area contributed by atoms with Gasteiger partial charge in [-0.3, -0.25) is 0 Å². The largest absolute Gasteiger partial charge is 0.493 e. The van der Waals surface area contributed by atoms with Crippen molar-refractivity contribution in [3.05, 3.63) is 24.0 Å². The van der Waals surface area contributed by atoms with Gasteiger partial charge in [0.25, 0.3) is 0 Å². The molecule has 1 unspecified atom stereocenters. The average Bonchev–Trinajstić information content (AvgIpc) is 2.97. The number of aryl methyl sites for hydroxylation is 1. The monoisotopic (exact) mass is 289 g/mol. The Morgan fingerprint density at radius 2 is 2.05 bits per heavy atom. The SMILES string of the molecule is COc1ccc(-c2nnc3n2CC(CO)CC3)cc1OC. The maximum atomic E-state index is 9.38. The molecular weight excluding hydrogens is 270 g/mol. The number of aliphatic hydroxyl groups is 1. The van der Waals surface area contributed by atoms with E-state index in [0.717, 1.165) is 36.6 Å². The topological polar surface area (TPSA) is 69.4 Å². The van der Waals surface area contributed by atoms with E-state index in [1.165, 1.54) is 0 Å². The molecule has 0 saturated carbocycles. The van der Waals surface area contributed by atoms with E-state index >= 15 is 0 Å². The maximum absolute atomic E-state index is 9.38. The molecule has 1 N–H and O–H groups in total. The van der Waals surface area contributed by atoms with E-state index in [0.29, 0.717) is 11.5 Å². The lowest BCUT2D eigenvalue weighted by Crippen LogP contribution is -2.23. The van der Waals surface area contributed by atoms with Crippen LogP contribution in [0.4, 0.5) is 0 Å². The van der Waals surface area contributed by atoms with E-state index < -0.39 is 0 Å².